The number of rotatable bonds is 0. The van der Waals surface area contributed by atoms with E-state index < -0.39 is 10.4 Å². The van der Waals surface area contributed by atoms with E-state index in [1.807, 2.05) is 0 Å². The van der Waals surface area contributed by atoms with Crippen molar-refractivity contribution in [2.75, 3.05) is 0 Å². The molecule has 0 aliphatic heterocycles. The van der Waals surface area contributed by atoms with E-state index in [2.05, 4.69) is 0 Å². The van der Waals surface area contributed by atoms with Gasteiger partial charge < -0.3 is 14.6 Å². The molecule has 0 atom stereocenters. The quantitative estimate of drug-likeness (QED) is 0.248. The molecule has 5 nitrogen and oxygen atoms in total. The average molecular weight is 169 g/mol. The van der Waals surface area contributed by atoms with Crippen molar-refractivity contribution in [3.8, 4) is 0 Å². The fourth-order valence-electron chi connectivity index (χ4n) is 0. The van der Waals surface area contributed by atoms with E-state index in [1.165, 1.54) is 0 Å². The van der Waals surface area contributed by atoms with Crippen molar-refractivity contribution in [1.29, 1.82) is 0 Å². The summed E-state index contributed by atoms with van der Waals surface area (Å²) in [6, 6.07) is 0. The van der Waals surface area contributed by atoms with Gasteiger partial charge in [-0.2, -0.15) is 0 Å². The van der Waals surface area contributed by atoms with Crippen LogP contribution in [0.5, 0.6) is 0 Å². The van der Waals surface area contributed by atoms with E-state index in [9.17, 15) is 0 Å². The number of hydrogen-bond donors (Lipinski definition) is 0. The molecule has 0 rings (SSSR count). The second-order valence-electron chi connectivity index (χ2n) is 0.408. The van der Waals surface area contributed by atoms with Gasteiger partial charge in [-0.15, -0.1) is 0 Å². The topological polar surface area (TPSA) is 110 Å². The standard InChI is InChI=1S/Fe.H2O4S.H2O/c;1-5(2,3)4;/h;(H2,1,2,3,4);1H2/q+3;;/p-3. The molecule has 7 heavy (non-hydrogen) atoms. The first kappa shape index (κ1) is 15.7. The maximum atomic E-state index is 8.52. The van der Waals surface area contributed by atoms with Gasteiger partial charge >= 0.3 is 17.1 Å². The minimum Gasteiger partial charge on any atom is -0.870 e. The van der Waals surface area contributed by atoms with Crippen molar-refractivity contribution in [1.82, 2.24) is 0 Å². The van der Waals surface area contributed by atoms with Gasteiger partial charge in [0.2, 0.25) is 0 Å². The van der Waals surface area contributed by atoms with Crippen LogP contribution >= 0.6 is 0 Å². The Labute approximate surface area is 51.1 Å². The van der Waals surface area contributed by atoms with Gasteiger partial charge in [-0.25, -0.2) is 0 Å². The zero-order chi connectivity index (χ0) is 4.50. The summed E-state index contributed by atoms with van der Waals surface area (Å²) < 4.78 is 34.1. The molecule has 0 fully saturated rings. The van der Waals surface area contributed by atoms with E-state index in [0.29, 0.717) is 0 Å². The zero-order valence-corrected chi connectivity index (χ0v) is 4.76. The van der Waals surface area contributed by atoms with Crippen LogP contribution in [0.4, 0.5) is 0 Å². The minimum absolute atomic E-state index is 0. The Morgan fingerprint density at radius 1 is 1.14 bits per heavy atom. The van der Waals surface area contributed by atoms with Gasteiger partial charge in [0.25, 0.3) is 0 Å². The van der Waals surface area contributed by atoms with E-state index in [-0.39, 0.29) is 22.5 Å². The Morgan fingerprint density at radius 3 is 1.14 bits per heavy atom. The predicted molar refractivity (Wildman–Crippen MR) is 12.4 cm³/mol. The van der Waals surface area contributed by atoms with Gasteiger partial charge in [-0.05, 0) is 0 Å². The smallest absolute Gasteiger partial charge is 0.870 e. The normalized spacial score (nSPS) is 8.29. The van der Waals surface area contributed by atoms with Gasteiger partial charge in [0, 0.05) is 10.4 Å². The molecule has 0 aromatic heterocycles. The second-order valence-corrected chi connectivity index (χ2v) is 1.22. The molecule has 0 unspecified atom stereocenters. The second kappa shape index (κ2) is 4.51. The van der Waals surface area contributed by atoms with Crippen LogP contribution in [0.25, 0.3) is 0 Å². The van der Waals surface area contributed by atoms with Gasteiger partial charge in [0.05, 0.1) is 0 Å². The van der Waals surface area contributed by atoms with Crippen molar-refractivity contribution in [3.05, 3.63) is 0 Å². The van der Waals surface area contributed by atoms with Crippen molar-refractivity contribution in [2.45, 2.75) is 0 Å². The molecule has 7 heteroatoms. The molecule has 0 saturated heterocycles. The Balaban J connectivity index is -0.0000000800. The van der Waals surface area contributed by atoms with Crippen LogP contribution in [-0.2, 0) is 27.5 Å². The van der Waals surface area contributed by atoms with Crippen LogP contribution in [-0.4, -0.2) is 23.0 Å². The Morgan fingerprint density at radius 2 is 1.14 bits per heavy atom. The van der Waals surface area contributed by atoms with Crippen LogP contribution in [0.2, 0.25) is 0 Å². The molecule has 1 N–H and O–H groups in total. The largest absolute Gasteiger partial charge is 3.00 e. The summed E-state index contributed by atoms with van der Waals surface area (Å²) >= 11 is 0. The summed E-state index contributed by atoms with van der Waals surface area (Å²) in [5.74, 6) is 0. The summed E-state index contributed by atoms with van der Waals surface area (Å²) in [6.45, 7) is 0. The molecule has 0 bridgehead atoms. The third-order valence-electron chi connectivity index (χ3n) is 0. The monoisotopic (exact) mass is 169 g/mol. The van der Waals surface area contributed by atoms with E-state index in [0.717, 1.165) is 0 Å². The molecule has 0 spiro atoms. The Bertz CT molecular complexity index is 91.2. The van der Waals surface area contributed by atoms with Crippen molar-refractivity contribution < 1.29 is 40.1 Å². The fraction of sp³-hybridized carbons (Fsp3) is 0. The molecule has 0 amide bonds. The van der Waals surface area contributed by atoms with Gasteiger partial charge in [-0.3, -0.25) is 8.42 Å². The summed E-state index contributed by atoms with van der Waals surface area (Å²) in [6.07, 6.45) is 0. The molecular weight excluding hydrogens is 168 g/mol. The molecule has 0 aliphatic carbocycles. The van der Waals surface area contributed by atoms with Gasteiger partial charge in [-0.1, -0.05) is 0 Å². The molecule has 1 radical (unpaired) electrons. The Hall–Kier alpha value is 0.349. The third kappa shape index (κ3) is 983. The van der Waals surface area contributed by atoms with Crippen LogP contribution < -0.4 is 0 Å². The first-order valence-electron chi connectivity index (χ1n) is 0.667. The summed E-state index contributed by atoms with van der Waals surface area (Å²) in [4.78, 5) is 0. The fourth-order valence-corrected chi connectivity index (χ4v) is 0. The molecule has 0 aromatic carbocycles. The van der Waals surface area contributed by atoms with Crippen LogP contribution in [0, 0.1) is 0 Å². The van der Waals surface area contributed by atoms with Gasteiger partial charge in [0.15, 0.2) is 0 Å². The van der Waals surface area contributed by atoms with Crippen molar-refractivity contribution in [2.24, 2.45) is 0 Å². The zero-order valence-electron chi connectivity index (χ0n) is 2.84. The molecular formula is HFeO5S. The maximum Gasteiger partial charge on any atom is 3.00 e. The van der Waals surface area contributed by atoms with Crippen molar-refractivity contribution in [3.63, 3.8) is 0 Å². The Kier molecular flexibility index (Phi) is 10.1. The first-order chi connectivity index (χ1) is 2.00. The van der Waals surface area contributed by atoms with Crippen LogP contribution in [0.3, 0.4) is 0 Å². The molecule has 45 valence electrons. The van der Waals surface area contributed by atoms with Crippen LogP contribution in [0.15, 0.2) is 0 Å². The molecule has 0 aliphatic rings. The average Bonchev–Trinajstić information content (AvgIpc) is 0.722. The summed E-state index contributed by atoms with van der Waals surface area (Å²) in [5.41, 5.74) is 0. The molecule has 0 heterocycles. The SMILES string of the molecule is O=S(=O)([O-])[O-].[Fe+3].[OH-]. The van der Waals surface area contributed by atoms with Crippen LogP contribution in [0.1, 0.15) is 0 Å². The third-order valence-corrected chi connectivity index (χ3v) is 0. The number of hydrogen-bond acceptors (Lipinski definition) is 5. The van der Waals surface area contributed by atoms with E-state index in [4.69, 9.17) is 17.5 Å². The van der Waals surface area contributed by atoms with E-state index >= 15 is 0 Å². The maximum absolute atomic E-state index is 8.52. The predicted octanol–water partition coefficient (Wildman–Crippen LogP) is -1.52. The van der Waals surface area contributed by atoms with Crippen molar-refractivity contribution >= 4 is 10.4 Å². The molecule has 0 aromatic rings. The summed E-state index contributed by atoms with van der Waals surface area (Å²) in [7, 11) is -5.17. The van der Waals surface area contributed by atoms with Gasteiger partial charge in [0.1, 0.15) is 0 Å². The first-order valence-corrected chi connectivity index (χ1v) is 2.00. The summed E-state index contributed by atoms with van der Waals surface area (Å²) in [5, 5.41) is 0. The molecule has 0 saturated carbocycles. The minimum atomic E-state index is -5.17. The van der Waals surface area contributed by atoms with E-state index in [1.54, 1.807) is 0 Å².